The summed E-state index contributed by atoms with van der Waals surface area (Å²) in [7, 11) is 0. The maximum atomic E-state index is 10.2. The van der Waals surface area contributed by atoms with Gasteiger partial charge in [0.2, 0.25) is 0 Å². The number of aryl methyl sites for hydroxylation is 1. The molecule has 2 aromatic carbocycles. The molecule has 0 aliphatic heterocycles. The second-order valence-electron chi connectivity index (χ2n) is 9.56. The molecule has 0 atom stereocenters. The maximum absolute atomic E-state index is 10.2. The highest BCUT2D eigenvalue weighted by atomic mass is 16.3. The molecule has 0 amide bonds. The van der Waals surface area contributed by atoms with Crippen LogP contribution in [0.5, 0.6) is 0 Å². The van der Waals surface area contributed by atoms with Gasteiger partial charge in [-0.25, -0.2) is 9.97 Å². The summed E-state index contributed by atoms with van der Waals surface area (Å²) < 4.78 is 1.81. The van der Waals surface area contributed by atoms with Crippen molar-refractivity contribution in [1.29, 1.82) is 0 Å². The number of aromatic nitrogens is 4. The van der Waals surface area contributed by atoms with Crippen molar-refractivity contribution in [2.75, 3.05) is 0 Å². The van der Waals surface area contributed by atoms with Crippen LogP contribution >= 0.6 is 0 Å². The fourth-order valence-electron chi connectivity index (χ4n) is 5.18. The zero-order chi connectivity index (χ0) is 22.8. The van der Waals surface area contributed by atoms with Crippen LogP contribution in [0, 0.1) is 6.92 Å². The molecule has 33 heavy (non-hydrogen) atoms. The van der Waals surface area contributed by atoms with Crippen molar-refractivity contribution in [3.63, 3.8) is 0 Å². The van der Waals surface area contributed by atoms with Gasteiger partial charge in [-0.2, -0.15) is 9.61 Å². The number of aliphatic hydroxyl groups is 1. The molecular weight excluding hydrogens is 410 g/mol. The molecule has 6 rings (SSSR count). The molecule has 1 saturated carbocycles. The molecule has 164 valence electrons. The largest absolute Gasteiger partial charge is 0.390 e. The molecule has 0 saturated heterocycles. The van der Waals surface area contributed by atoms with E-state index in [0.29, 0.717) is 12.8 Å². The summed E-state index contributed by atoms with van der Waals surface area (Å²) in [6, 6.07) is 22.6. The normalized spacial score (nSPS) is 22.5. The highest BCUT2D eigenvalue weighted by Crippen LogP contribution is 2.46. The topological polar surface area (TPSA) is 89.3 Å². The van der Waals surface area contributed by atoms with Crippen molar-refractivity contribution >= 4 is 16.7 Å². The van der Waals surface area contributed by atoms with E-state index in [1.165, 1.54) is 0 Å². The molecule has 0 bridgehead atoms. The minimum Gasteiger partial charge on any atom is -0.390 e. The van der Waals surface area contributed by atoms with Crippen LogP contribution in [0.15, 0.2) is 72.9 Å². The van der Waals surface area contributed by atoms with E-state index in [0.717, 1.165) is 50.3 Å². The van der Waals surface area contributed by atoms with Gasteiger partial charge in [0.15, 0.2) is 11.3 Å². The van der Waals surface area contributed by atoms with Crippen LogP contribution in [0.3, 0.4) is 0 Å². The summed E-state index contributed by atoms with van der Waals surface area (Å²) >= 11 is 0. The van der Waals surface area contributed by atoms with E-state index in [1.807, 2.05) is 48.8 Å². The second kappa shape index (κ2) is 6.94. The first-order chi connectivity index (χ1) is 15.8. The van der Waals surface area contributed by atoms with Gasteiger partial charge in [0.1, 0.15) is 0 Å². The molecule has 1 fully saturated rings. The fraction of sp³-hybridized carbons (Fsp3) is 0.222. The second-order valence-corrected chi connectivity index (χ2v) is 9.56. The smallest absolute Gasteiger partial charge is 0.165 e. The minimum absolute atomic E-state index is 0.481. The summed E-state index contributed by atoms with van der Waals surface area (Å²) in [5.41, 5.74) is 12.9. The molecule has 3 N–H and O–H groups in total. The molecule has 5 aromatic rings. The van der Waals surface area contributed by atoms with Gasteiger partial charge < -0.3 is 10.8 Å². The third kappa shape index (κ3) is 3.30. The van der Waals surface area contributed by atoms with E-state index in [9.17, 15) is 5.11 Å². The third-order valence-corrected chi connectivity index (χ3v) is 6.59. The Morgan fingerprint density at radius 2 is 1.70 bits per heavy atom. The average Bonchev–Trinajstić information content (AvgIpc) is 3.18. The van der Waals surface area contributed by atoms with Gasteiger partial charge >= 0.3 is 0 Å². The Morgan fingerprint density at radius 3 is 2.39 bits per heavy atom. The first-order valence-electron chi connectivity index (χ1n) is 11.2. The first-order valence-corrected chi connectivity index (χ1v) is 11.2. The van der Waals surface area contributed by atoms with E-state index in [-0.39, 0.29) is 0 Å². The Hall–Kier alpha value is -3.61. The van der Waals surface area contributed by atoms with Crippen molar-refractivity contribution in [2.45, 2.75) is 37.8 Å². The lowest BCUT2D eigenvalue weighted by Gasteiger charge is -2.49. The number of hydrogen-bond acceptors (Lipinski definition) is 5. The van der Waals surface area contributed by atoms with Crippen molar-refractivity contribution in [2.24, 2.45) is 5.73 Å². The van der Waals surface area contributed by atoms with Crippen LogP contribution in [0.25, 0.3) is 39.1 Å². The SMILES string of the molecule is Cc1cc2ncc3cc(-c4ccccc4)c(-c4ccc([C@]5(N)C[C@@](C)(O)C5)cc4)nc3n2n1. The van der Waals surface area contributed by atoms with Gasteiger partial charge in [-0.15, -0.1) is 0 Å². The number of rotatable bonds is 3. The zero-order valence-corrected chi connectivity index (χ0v) is 18.7. The van der Waals surface area contributed by atoms with Crippen molar-refractivity contribution < 1.29 is 5.11 Å². The van der Waals surface area contributed by atoms with Crippen LogP contribution < -0.4 is 5.73 Å². The van der Waals surface area contributed by atoms with Crippen molar-refractivity contribution in [1.82, 2.24) is 19.6 Å². The first kappa shape index (κ1) is 20.0. The molecule has 3 aromatic heterocycles. The Balaban J connectivity index is 1.53. The zero-order valence-electron chi connectivity index (χ0n) is 18.7. The molecule has 0 radical (unpaired) electrons. The lowest BCUT2D eigenvalue weighted by atomic mass is 9.63. The van der Waals surface area contributed by atoms with E-state index in [4.69, 9.17) is 10.7 Å². The van der Waals surface area contributed by atoms with Crippen molar-refractivity contribution in [3.8, 4) is 22.4 Å². The fourth-order valence-corrected chi connectivity index (χ4v) is 5.18. The highest BCUT2D eigenvalue weighted by molar-refractivity contribution is 5.90. The maximum Gasteiger partial charge on any atom is 0.165 e. The summed E-state index contributed by atoms with van der Waals surface area (Å²) in [4.78, 5) is 9.66. The quantitative estimate of drug-likeness (QED) is 0.432. The van der Waals surface area contributed by atoms with Gasteiger partial charge in [-0.1, -0.05) is 54.6 Å². The van der Waals surface area contributed by atoms with E-state index in [1.54, 1.807) is 0 Å². The summed E-state index contributed by atoms with van der Waals surface area (Å²) in [5.74, 6) is 0. The standard InChI is InChI=1S/C27H25N5O/c1-17-12-23-29-14-20-13-22(18-6-4-3-5-7-18)24(30-25(20)32(23)31-17)19-8-10-21(11-9-19)27(28)15-26(2,33)16-27/h3-14,33H,15-16,28H2,1-2H3/t26-,27+. The van der Waals surface area contributed by atoms with Gasteiger partial charge in [0, 0.05) is 34.3 Å². The molecule has 0 unspecified atom stereocenters. The molecule has 1 aliphatic carbocycles. The molecule has 1 aliphatic rings. The molecule has 3 heterocycles. The van der Waals surface area contributed by atoms with Crippen LogP contribution in [0.4, 0.5) is 0 Å². The predicted octanol–water partition coefficient (Wildman–Crippen LogP) is 4.62. The van der Waals surface area contributed by atoms with Gasteiger partial charge in [0.05, 0.1) is 17.0 Å². The molecule has 0 spiro atoms. The van der Waals surface area contributed by atoms with Crippen LogP contribution in [-0.2, 0) is 5.54 Å². The minimum atomic E-state index is -0.685. The van der Waals surface area contributed by atoms with Crippen molar-refractivity contribution in [3.05, 3.63) is 84.2 Å². The number of benzene rings is 2. The average molecular weight is 436 g/mol. The number of fused-ring (bicyclic) bond motifs is 3. The van der Waals surface area contributed by atoms with Crippen LogP contribution in [0.2, 0.25) is 0 Å². The van der Waals surface area contributed by atoms with Crippen LogP contribution in [-0.4, -0.2) is 30.3 Å². The number of pyridine rings is 1. The summed E-state index contributed by atoms with van der Waals surface area (Å²) in [6.07, 6.45) is 2.98. The highest BCUT2D eigenvalue weighted by Gasteiger charge is 2.49. The number of nitrogens with zero attached hydrogens (tertiary/aromatic N) is 4. The van der Waals surface area contributed by atoms with E-state index in [2.05, 4.69) is 52.5 Å². The lowest BCUT2D eigenvalue weighted by Crippen LogP contribution is -2.58. The molecule has 6 heteroatoms. The Morgan fingerprint density at radius 1 is 0.970 bits per heavy atom. The Labute approximate surface area is 191 Å². The Kier molecular flexibility index (Phi) is 4.21. The number of nitrogens with two attached hydrogens (primary N) is 1. The van der Waals surface area contributed by atoms with Gasteiger partial charge in [-0.05, 0) is 43.9 Å². The molecule has 6 nitrogen and oxygen atoms in total. The lowest BCUT2D eigenvalue weighted by molar-refractivity contribution is -0.0738. The van der Waals surface area contributed by atoms with Gasteiger partial charge in [0.25, 0.3) is 0 Å². The predicted molar refractivity (Wildman–Crippen MR) is 130 cm³/mol. The summed E-state index contributed by atoms with van der Waals surface area (Å²) in [5, 5.41) is 15.7. The van der Waals surface area contributed by atoms with Crippen LogP contribution in [0.1, 0.15) is 31.0 Å². The monoisotopic (exact) mass is 435 g/mol. The molecular formula is C27H25N5O. The summed E-state index contributed by atoms with van der Waals surface area (Å²) in [6.45, 7) is 3.79. The van der Waals surface area contributed by atoms with Gasteiger partial charge in [-0.3, -0.25) is 0 Å². The number of hydrogen-bond donors (Lipinski definition) is 2. The van der Waals surface area contributed by atoms with E-state index < -0.39 is 11.1 Å². The van der Waals surface area contributed by atoms with E-state index >= 15 is 0 Å². The third-order valence-electron chi connectivity index (χ3n) is 6.59. The Bertz CT molecular complexity index is 1500.